The van der Waals surface area contributed by atoms with E-state index < -0.39 is 28.5 Å². The topological polar surface area (TPSA) is 86.8 Å². The van der Waals surface area contributed by atoms with Crippen LogP contribution in [0, 0.1) is 5.92 Å². The van der Waals surface area contributed by atoms with E-state index in [-0.39, 0.29) is 29.0 Å². The fourth-order valence-corrected chi connectivity index (χ4v) is 5.86. The fraction of sp³-hybridized carbons (Fsp3) is 0.310. The summed E-state index contributed by atoms with van der Waals surface area (Å²) in [6.07, 6.45) is 0.324. The first-order valence-corrected chi connectivity index (χ1v) is 15.3. The van der Waals surface area contributed by atoms with Crippen LogP contribution in [0.5, 0.6) is 0 Å². The number of halogens is 3. The first-order chi connectivity index (χ1) is 18.9. The van der Waals surface area contributed by atoms with Crippen molar-refractivity contribution in [3.05, 3.63) is 93.4 Å². The Bertz CT molecular complexity index is 1420. The van der Waals surface area contributed by atoms with Crippen LogP contribution in [-0.4, -0.2) is 44.3 Å². The lowest BCUT2D eigenvalue weighted by Crippen LogP contribution is -2.52. The van der Waals surface area contributed by atoms with E-state index >= 15 is 0 Å². The minimum absolute atomic E-state index is 0.0457. The zero-order valence-corrected chi connectivity index (χ0v) is 25.6. The molecule has 3 aromatic carbocycles. The molecule has 11 heteroatoms. The monoisotopic (exact) mass is 623 g/mol. The molecular weight excluding hydrogens is 593 g/mol. The highest BCUT2D eigenvalue weighted by Gasteiger charge is 2.33. The summed E-state index contributed by atoms with van der Waals surface area (Å²) in [6.45, 7) is 5.71. The molecule has 1 unspecified atom stereocenters. The number of anilines is 1. The van der Waals surface area contributed by atoms with Crippen molar-refractivity contribution in [2.45, 2.75) is 44.7 Å². The van der Waals surface area contributed by atoms with Crippen molar-refractivity contribution >= 4 is 62.3 Å². The standard InChI is InChI=1S/C29H32Cl3N3O4S/c1-4-27(29(37)33-17-20(2)3)34(18-21-8-10-22(30)11-9-21)28(36)19-35(25-7-5-6-24(32)16-25)40(38,39)26-14-12-23(31)13-15-26/h5-16,20,27H,4,17-19H2,1-3H3,(H,33,37). The average Bonchev–Trinajstić information content (AvgIpc) is 2.91. The second kappa shape index (κ2) is 14.2. The normalized spacial score (nSPS) is 12.2. The van der Waals surface area contributed by atoms with Gasteiger partial charge in [0.2, 0.25) is 11.8 Å². The predicted molar refractivity (Wildman–Crippen MR) is 161 cm³/mol. The molecule has 0 aliphatic rings. The van der Waals surface area contributed by atoms with Gasteiger partial charge in [0.15, 0.2) is 0 Å². The summed E-state index contributed by atoms with van der Waals surface area (Å²) in [6, 6.07) is 18.0. The van der Waals surface area contributed by atoms with Crippen LogP contribution in [0.1, 0.15) is 32.8 Å². The number of carbonyl (C=O) groups excluding carboxylic acids is 2. The molecule has 3 aromatic rings. The molecule has 0 heterocycles. The highest BCUT2D eigenvalue weighted by Crippen LogP contribution is 2.28. The number of sulfonamides is 1. The van der Waals surface area contributed by atoms with Crippen molar-refractivity contribution in [2.75, 3.05) is 17.4 Å². The smallest absolute Gasteiger partial charge is 0.264 e. The minimum Gasteiger partial charge on any atom is -0.354 e. The Kier molecular flexibility index (Phi) is 11.3. The van der Waals surface area contributed by atoms with Gasteiger partial charge in [0.05, 0.1) is 10.6 Å². The summed E-state index contributed by atoms with van der Waals surface area (Å²) >= 11 is 18.2. The largest absolute Gasteiger partial charge is 0.354 e. The summed E-state index contributed by atoms with van der Waals surface area (Å²) in [7, 11) is -4.22. The molecule has 0 saturated carbocycles. The van der Waals surface area contributed by atoms with Crippen LogP contribution in [0.25, 0.3) is 0 Å². The molecule has 0 fully saturated rings. The SMILES string of the molecule is CCC(C(=O)NCC(C)C)N(Cc1ccc(Cl)cc1)C(=O)CN(c1cccc(Cl)c1)S(=O)(=O)c1ccc(Cl)cc1. The molecular formula is C29H32Cl3N3O4S. The molecule has 40 heavy (non-hydrogen) atoms. The van der Waals surface area contributed by atoms with Gasteiger partial charge in [0.1, 0.15) is 12.6 Å². The van der Waals surface area contributed by atoms with E-state index in [2.05, 4.69) is 5.32 Å². The number of benzene rings is 3. The van der Waals surface area contributed by atoms with Gasteiger partial charge >= 0.3 is 0 Å². The Morgan fingerprint density at radius 3 is 2.02 bits per heavy atom. The molecule has 0 spiro atoms. The second-order valence-corrected chi connectivity index (χ2v) is 12.8. The Hall–Kier alpha value is -2.78. The van der Waals surface area contributed by atoms with Gasteiger partial charge < -0.3 is 10.2 Å². The number of rotatable bonds is 12. The van der Waals surface area contributed by atoms with E-state index in [9.17, 15) is 18.0 Å². The summed E-state index contributed by atoms with van der Waals surface area (Å²) in [5.74, 6) is -0.655. The van der Waals surface area contributed by atoms with Crippen molar-refractivity contribution in [3.8, 4) is 0 Å². The molecule has 0 saturated heterocycles. The van der Waals surface area contributed by atoms with Gasteiger partial charge in [-0.25, -0.2) is 8.42 Å². The Labute approximate surface area is 251 Å². The number of amides is 2. The number of carbonyl (C=O) groups is 2. The van der Waals surface area contributed by atoms with Crippen molar-refractivity contribution in [1.29, 1.82) is 0 Å². The summed E-state index contributed by atoms with van der Waals surface area (Å²) in [5, 5.41) is 4.11. The molecule has 1 atom stereocenters. The van der Waals surface area contributed by atoms with E-state index in [1.807, 2.05) is 13.8 Å². The number of nitrogens with zero attached hydrogens (tertiary/aromatic N) is 2. The average molecular weight is 625 g/mol. The third-order valence-corrected chi connectivity index (χ3v) is 8.64. The third kappa shape index (κ3) is 8.36. The van der Waals surface area contributed by atoms with Gasteiger partial charge in [-0.3, -0.25) is 13.9 Å². The van der Waals surface area contributed by atoms with Crippen molar-refractivity contribution in [2.24, 2.45) is 5.92 Å². The lowest BCUT2D eigenvalue weighted by molar-refractivity contribution is -0.140. The zero-order valence-electron chi connectivity index (χ0n) is 22.5. The first-order valence-electron chi connectivity index (χ1n) is 12.8. The lowest BCUT2D eigenvalue weighted by Gasteiger charge is -2.33. The molecule has 1 N–H and O–H groups in total. The minimum atomic E-state index is -4.22. The maximum Gasteiger partial charge on any atom is 0.264 e. The first kappa shape index (κ1) is 31.7. The van der Waals surface area contributed by atoms with Crippen LogP contribution in [0.4, 0.5) is 5.69 Å². The van der Waals surface area contributed by atoms with Crippen LogP contribution in [0.3, 0.4) is 0 Å². The zero-order chi connectivity index (χ0) is 29.4. The molecule has 7 nitrogen and oxygen atoms in total. The molecule has 0 aromatic heterocycles. The predicted octanol–water partition coefficient (Wildman–Crippen LogP) is 6.42. The van der Waals surface area contributed by atoms with Crippen LogP contribution in [-0.2, 0) is 26.2 Å². The van der Waals surface area contributed by atoms with Gasteiger partial charge in [-0.1, -0.05) is 73.8 Å². The number of nitrogens with one attached hydrogen (secondary N) is 1. The van der Waals surface area contributed by atoms with E-state index in [4.69, 9.17) is 34.8 Å². The van der Waals surface area contributed by atoms with Gasteiger partial charge in [0, 0.05) is 28.2 Å². The van der Waals surface area contributed by atoms with E-state index in [1.165, 1.54) is 35.2 Å². The fourth-order valence-electron chi connectivity index (χ4n) is 4.02. The van der Waals surface area contributed by atoms with E-state index in [0.29, 0.717) is 28.0 Å². The maximum absolute atomic E-state index is 14.0. The Balaban J connectivity index is 2.04. The van der Waals surface area contributed by atoms with Crippen molar-refractivity contribution in [3.63, 3.8) is 0 Å². The summed E-state index contributed by atoms with van der Waals surface area (Å²) < 4.78 is 28.7. The van der Waals surface area contributed by atoms with Crippen LogP contribution in [0.2, 0.25) is 15.1 Å². The van der Waals surface area contributed by atoms with Gasteiger partial charge in [-0.15, -0.1) is 0 Å². The highest BCUT2D eigenvalue weighted by molar-refractivity contribution is 7.92. The van der Waals surface area contributed by atoms with Crippen LogP contribution >= 0.6 is 34.8 Å². The molecule has 0 radical (unpaired) electrons. The van der Waals surface area contributed by atoms with E-state index in [1.54, 1.807) is 49.4 Å². The maximum atomic E-state index is 14.0. The summed E-state index contributed by atoms with van der Waals surface area (Å²) in [4.78, 5) is 28.6. The van der Waals surface area contributed by atoms with Crippen LogP contribution in [0.15, 0.2) is 77.7 Å². The number of hydrogen-bond donors (Lipinski definition) is 1. The Morgan fingerprint density at radius 1 is 0.875 bits per heavy atom. The molecule has 0 bridgehead atoms. The molecule has 3 rings (SSSR count). The summed E-state index contributed by atoms with van der Waals surface area (Å²) in [5.41, 5.74) is 0.947. The van der Waals surface area contributed by atoms with Gasteiger partial charge in [-0.2, -0.15) is 0 Å². The quantitative estimate of drug-likeness (QED) is 0.252. The molecule has 0 aliphatic carbocycles. The van der Waals surface area contributed by atoms with E-state index in [0.717, 1.165) is 9.87 Å². The third-order valence-electron chi connectivity index (χ3n) is 6.11. The van der Waals surface area contributed by atoms with Gasteiger partial charge in [-0.05, 0) is 72.5 Å². The van der Waals surface area contributed by atoms with Crippen molar-refractivity contribution < 1.29 is 18.0 Å². The van der Waals surface area contributed by atoms with Crippen LogP contribution < -0.4 is 9.62 Å². The van der Waals surface area contributed by atoms with Gasteiger partial charge in [0.25, 0.3) is 10.0 Å². The van der Waals surface area contributed by atoms with Crippen molar-refractivity contribution in [1.82, 2.24) is 10.2 Å². The molecule has 0 aliphatic heterocycles. The Morgan fingerprint density at radius 2 is 1.48 bits per heavy atom. The highest BCUT2D eigenvalue weighted by atomic mass is 35.5. The lowest BCUT2D eigenvalue weighted by atomic mass is 10.1. The number of hydrogen-bond acceptors (Lipinski definition) is 4. The molecule has 214 valence electrons. The molecule has 2 amide bonds. The second-order valence-electron chi connectivity index (χ2n) is 9.66.